The third-order valence-corrected chi connectivity index (χ3v) is 4.17. The quantitative estimate of drug-likeness (QED) is 0.783. The van der Waals surface area contributed by atoms with Crippen molar-refractivity contribution < 1.29 is 0 Å². The van der Waals surface area contributed by atoms with Gasteiger partial charge in [-0.15, -0.1) is 0 Å². The summed E-state index contributed by atoms with van der Waals surface area (Å²) in [6.45, 7) is 7.23. The number of nitrogens with one attached hydrogen (secondary N) is 1. The van der Waals surface area contributed by atoms with Crippen LogP contribution < -0.4 is 5.32 Å². The molecule has 1 atom stereocenters. The molecule has 3 nitrogen and oxygen atoms in total. The number of likely N-dealkylation sites (tertiary alicyclic amines) is 1. The van der Waals surface area contributed by atoms with E-state index < -0.39 is 0 Å². The first kappa shape index (κ1) is 15.5. The minimum absolute atomic E-state index is 0.863. The third-order valence-electron chi connectivity index (χ3n) is 4.17. The molecule has 0 amide bonds. The molecule has 1 unspecified atom stereocenters. The molecule has 112 valence electrons. The van der Waals surface area contributed by atoms with E-state index in [9.17, 15) is 0 Å². The average molecular weight is 275 g/mol. The summed E-state index contributed by atoms with van der Waals surface area (Å²) in [6.07, 6.45) is 2.64. The third kappa shape index (κ3) is 5.23. The van der Waals surface area contributed by atoms with Crippen LogP contribution >= 0.6 is 0 Å². The summed E-state index contributed by atoms with van der Waals surface area (Å²) < 4.78 is 0. The highest BCUT2D eigenvalue weighted by molar-refractivity contribution is 5.14. The molecule has 1 heterocycles. The summed E-state index contributed by atoms with van der Waals surface area (Å²) in [6, 6.07) is 10.7. The molecule has 0 bridgehead atoms. The molecule has 0 spiro atoms. The summed E-state index contributed by atoms with van der Waals surface area (Å²) in [7, 11) is 4.28. The average Bonchev–Trinajstić information content (AvgIpc) is 2.88. The van der Waals surface area contributed by atoms with Gasteiger partial charge in [-0.05, 0) is 64.6 Å². The Labute approximate surface area is 124 Å². The van der Waals surface area contributed by atoms with Crippen LogP contribution in [0, 0.1) is 5.92 Å². The van der Waals surface area contributed by atoms with Crippen LogP contribution in [0.25, 0.3) is 0 Å². The maximum atomic E-state index is 3.30. The van der Waals surface area contributed by atoms with Crippen LogP contribution in [0.2, 0.25) is 0 Å². The number of rotatable bonds is 8. The van der Waals surface area contributed by atoms with Crippen molar-refractivity contribution in [1.82, 2.24) is 15.1 Å². The van der Waals surface area contributed by atoms with Crippen LogP contribution in [0.1, 0.15) is 18.4 Å². The van der Waals surface area contributed by atoms with Gasteiger partial charge in [0.1, 0.15) is 0 Å². The first-order chi connectivity index (χ1) is 9.78. The van der Waals surface area contributed by atoms with E-state index >= 15 is 0 Å². The summed E-state index contributed by atoms with van der Waals surface area (Å²) in [4.78, 5) is 5.05. The Kier molecular flexibility index (Phi) is 6.51. The minimum Gasteiger partial charge on any atom is -0.319 e. The predicted molar refractivity (Wildman–Crippen MR) is 85.9 cm³/mol. The van der Waals surface area contributed by atoms with Crippen LogP contribution in [0.4, 0.5) is 0 Å². The largest absolute Gasteiger partial charge is 0.319 e. The van der Waals surface area contributed by atoms with Gasteiger partial charge >= 0.3 is 0 Å². The van der Waals surface area contributed by atoms with Gasteiger partial charge in [0.25, 0.3) is 0 Å². The van der Waals surface area contributed by atoms with Crippen LogP contribution in [-0.4, -0.2) is 56.6 Å². The molecule has 0 radical (unpaired) electrons. The van der Waals surface area contributed by atoms with E-state index in [1.54, 1.807) is 0 Å². The lowest BCUT2D eigenvalue weighted by atomic mass is 10.1. The number of benzene rings is 1. The highest BCUT2D eigenvalue weighted by atomic mass is 15.2. The van der Waals surface area contributed by atoms with Gasteiger partial charge in [-0.3, -0.25) is 0 Å². The molecule has 1 aliphatic heterocycles. The zero-order valence-corrected chi connectivity index (χ0v) is 13.0. The molecule has 1 aromatic carbocycles. The fraction of sp³-hybridized carbons (Fsp3) is 0.647. The molecule has 1 fully saturated rings. The lowest BCUT2D eigenvalue weighted by molar-refractivity contribution is 0.269. The van der Waals surface area contributed by atoms with Crippen molar-refractivity contribution in [3.63, 3.8) is 0 Å². The van der Waals surface area contributed by atoms with E-state index in [0.717, 1.165) is 12.5 Å². The molecule has 2 rings (SSSR count). The highest BCUT2D eigenvalue weighted by Crippen LogP contribution is 2.15. The molecule has 0 saturated carbocycles. The van der Waals surface area contributed by atoms with Crippen molar-refractivity contribution in [2.75, 3.05) is 46.8 Å². The van der Waals surface area contributed by atoms with Gasteiger partial charge in [-0.1, -0.05) is 30.3 Å². The fourth-order valence-corrected chi connectivity index (χ4v) is 3.11. The Morgan fingerprint density at radius 1 is 1.30 bits per heavy atom. The van der Waals surface area contributed by atoms with Crippen molar-refractivity contribution in [3.05, 3.63) is 35.9 Å². The normalized spacial score (nSPS) is 19.9. The summed E-state index contributed by atoms with van der Waals surface area (Å²) in [5.74, 6) is 0.863. The van der Waals surface area contributed by atoms with Crippen molar-refractivity contribution in [3.8, 4) is 0 Å². The number of hydrogen-bond donors (Lipinski definition) is 1. The van der Waals surface area contributed by atoms with Crippen molar-refractivity contribution in [1.29, 1.82) is 0 Å². The minimum atomic E-state index is 0.863. The van der Waals surface area contributed by atoms with E-state index in [0.29, 0.717) is 0 Å². The van der Waals surface area contributed by atoms with Gasteiger partial charge in [0.2, 0.25) is 0 Å². The Bertz CT molecular complexity index is 366. The van der Waals surface area contributed by atoms with Crippen LogP contribution in [0.3, 0.4) is 0 Å². The number of nitrogens with zero attached hydrogens (tertiary/aromatic N) is 2. The topological polar surface area (TPSA) is 18.5 Å². The molecule has 0 aliphatic carbocycles. The van der Waals surface area contributed by atoms with E-state index in [4.69, 9.17) is 0 Å². The van der Waals surface area contributed by atoms with Gasteiger partial charge in [0.15, 0.2) is 0 Å². The maximum Gasteiger partial charge on any atom is 0.0230 e. The Balaban J connectivity index is 1.59. The molecular formula is C17H29N3. The Morgan fingerprint density at radius 3 is 2.85 bits per heavy atom. The predicted octanol–water partition coefficient (Wildman–Crippen LogP) is 2.05. The molecule has 20 heavy (non-hydrogen) atoms. The fourth-order valence-electron chi connectivity index (χ4n) is 3.11. The maximum absolute atomic E-state index is 3.30. The Morgan fingerprint density at radius 2 is 2.10 bits per heavy atom. The molecule has 0 aromatic heterocycles. The lowest BCUT2D eigenvalue weighted by Crippen LogP contribution is -2.28. The van der Waals surface area contributed by atoms with Crippen LogP contribution in [0.5, 0.6) is 0 Å². The standard InChI is InChI=1S/C17H29N3/c1-18-13-17-9-12-20(15-17)11-6-10-19(2)14-16-7-4-3-5-8-16/h3-5,7-8,17-18H,6,9-15H2,1-2H3. The molecule has 1 aromatic rings. The summed E-state index contributed by atoms with van der Waals surface area (Å²) in [5.41, 5.74) is 1.41. The zero-order valence-electron chi connectivity index (χ0n) is 13.0. The molecule has 3 heteroatoms. The van der Waals surface area contributed by atoms with Crippen molar-refractivity contribution in [2.24, 2.45) is 5.92 Å². The lowest BCUT2D eigenvalue weighted by Gasteiger charge is -2.20. The smallest absolute Gasteiger partial charge is 0.0230 e. The van der Waals surface area contributed by atoms with Crippen LogP contribution in [0.15, 0.2) is 30.3 Å². The van der Waals surface area contributed by atoms with Gasteiger partial charge < -0.3 is 15.1 Å². The Hall–Kier alpha value is -0.900. The SMILES string of the molecule is CNCC1CCN(CCCN(C)Cc2ccccc2)C1. The van der Waals surface area contributed by atoms with Gasteiger partial charge in [-0.2, -0.15) is 0 Å². The summed E-state index contributed by atoms with van der Waals surface area (Å²) in [5, 5.41) is 3.30. The van der Waals surface area contributed by atoms with E-state index in [1.807, 2.05) is 0 Å². The van der Waals surface area contributed by atoms with Crippen molar-refractivity contribution >= 4 is 0 Å². The van der Waals surface area contributed by atoms with E-state index in [2.05, 4.69) is 59.5 Å². The molecule has 1 N–H and O–H groups in total. The van der Waals surface area contributed by atoms with E-state index in [-0.39, 0.29) is 0 Å². The highest BCUT2D eigenvalue weighted by Gasteiger charge is 2.20. The van der Waals surface area contributed by atoms with Gasteiger partial charge in [0, 0.05) is 13.1 Å². The van der Waals surface area contributed by atoms with E-state index in [1.165, 1.54) is 51.1 Å². The summed E-state index contributed by atoms with van der Waals surface area (Å²) >= 11 is 0. The second kappa shape index (κ2) is 8.40. The molecular weight excluding hydrogens is 246 g/mol. The van der Waals surface area contributed by atoms with Gasteiger partial charge in [-0.25, -0.2) is 0 Å². The first-order valence-electron chi connectivity index (χ1n) is 7.87. The zero-order chi connectivity index (χ0) is 14.2. The molecule has 1 aliphatic rings. The monoisotopic (exact) mass is 275 g/mol. The number of hydrogen-bond acceptors (Lipinski definition) is 3. The first-order valence-corrected chi connectivity index (χ1v) is 7.87. The second-order valence-corrected chi connectivity index (χ2v) is 6.09. The second-order valence-electron chi connectivity index (χ2n) is 6.09. The van der Waals surface area contributed by atoms with Crippen molar-refractivity contribution in [2.45, 2.75) is 19.4 Å². The molecule has 1 saturated heterocycles. The van der Waals surface area contributed by atoms with Gasteiger partial charge in [0.05, 0.1) is 0 Å². The van der Waals surface area contributed by atoms with Crippen LogP contribution in [-0.2, 0) is 6.54 Å².